The molecule has 0 fully saturated rings. The second-order valence-electron chi connectivity index (χ2n) is 8.66. The molecule has 1 aromatic carbocycles. The van der Waals surface area contributed by atoms with Gasteiger partial charge in [-0.1, -0.05) is 22.9 Å². The van der Waals surface area contributed by atoms with Gasteiger partial charge in [-0.15, -0.1) is 0 Å². The van der Waals surface area contributed by atoms with Gasteiger partial charge in [-0.2, -0.15) is 0 Å². The minimum atomic E-state index is -0.892. The van der Waals surface area contributed by atoms with Crippen molar-refractivity contribution in [2.75, 3.05) is 13.2 Å². The van der Waals surface area contributed by atoms with Gasteiger partial charge in [0.1, 0.15) is 5.75 Å². The van der Waals surface area contributed by atoms with E-state index in [9.17, 15) is 19.5 Å². The summed E-state index contributed by atoms with van der Waals surface area (Å²) in [4.78, 5) is 40.1. The molecule has 0 atom stereocenters. The van der Waals surface area contributed by atoms with Crippen molar-refractivity contribution in [3.8, 4) is 5.75 Å². The zero-order valence-corrected chi connectivity index (χ0v) is 21.8. The largest absolute Gasteiger partial charge is 0.492 e. The zero-order valence-electron chi connectivity index (χ0n) is 18.6. The van der Waals surface area contributed by atoms with Crippen LogP contribution in [-0.4, -0.2) is 40.7 Å². The summed E-state index contributed by atoms with van der Waals surface area (Å²) in [7, 11) is 0. The lowest BCUT2D eigenvalue weighted by atomic mass is 9.70. The minimum absolute atomic E-state index is 0.0315. The van der Waals surface area contributed by atoms with Crippen molar-refractivity contribution in [1.82, 2.24) is 4.90 Å². The van der Waals surface area contributed by atoms with Gasteiger partial charge < -0.3 is 14.7 Å². The molecule has 8 heteroatoms. The summed E-state index contributed by atoms with van der Waals surface area (Å²) in [5.41, 5.74) is 3.82. The van der Waals surface area contributed by atoms with E-state index in [0.29, 0.717) is 49.2 Å². The molecule has 6 nitrogen and oxygen atoms in total. The van der Waals surface area contributed by atoms with Gasteiger partial charge in [0.25, 0.3) is 0 Å². The Morgan fingerprint density at radius 1 is 1.06 bits per heavy atom. The number of hydrogen-bond donors (Lipinski definition) is 1. The molecule has 0 saturated carbocycles. The number of carbonyl (C=O) groups is 3. The van der Waals surface area contributed by atoms with Gasteiger partial charge in [0.05, 0.1) is 17.5 Å². The van der Waals surface area contributed by atoms with E-state index in [1.165, 1.54) is 0 Å². The molecule has 2 aliphatic carbocycles. The summed E-state index contributed by atoms with van der Waals surface area (Å²) in [6.45, 7) is 2.82. The third kappa shape index (κ3) is 4.69. The lowest BCUT2D eigenvalue weighted by Crippen LogP contribution is -2.40. The van der Waals surface area contributed by atoms with Gasteiger partial charge in [0.2, 0.25) is 0 Å². The predicted octanol–water partition coefficient (Wildman–Crippen LogP) is 5.89. The van der Waals surface area contributed by atoms with E-state index < -0.39 is 11.9 Å². The third-order valence-corrected chi connectivity index (χ3v) is 7.48. The van der Waals surface area contributed by atoms with Gasteiger partial charge in [-0.3, -0.25) is 14.4 Å². The number of halogens is 2. The Balaban J connectivity index is 1.96. The molecular weight excluding hydrogens is 554 g/mol. The van der Waals surface area contributed by atoms with Crippen LogP contribution in [0.25, 0.3) is 0 Å². The maximum atomic E-state index is 13.4. The van der Waals surface area contributed by atoms with Crippen molar-refractivity contribution in [1.29, 1.82) is 0 Å². The minimum Gasteiger partial charge on any atom is -0.492 e. The predicted molar refractivity (Wildman–Crippen MR) is 131 cm³/mol. The maximum Gasteiger partial charge on any atom is 0.305 e. The summed E-state index contributed by atoms with van der Waals surface area (Å²) >= 11 is 7.20. The van der Waals surface area contributed by atoms with E-state index in [1.54, 1.807) is 0 Å². The van der Waals surface area contributed by atoms with Crippen LogP contribution in [0.5, 0.6) is 5.75 Å². The van der Waals surface area contributed by atoms with E-state index in [0.717, 1.165) is 45.2 Å². The van der Waals surface area contributed by atoms with Crippen LogP contribution in [0.4, 0.5) is 0 Å². The van der Waals surface area contributed by atoms with Crippen LogP contribution in [0.2, 0.25) is 0 Å². The molecule has 0 unspecified atom stereocenters. The Labute approximate surface area is 210 Å². The molecule has 4 rings (SSSR count). The van der Waals surface area contributed by atoms with Crippen molar-refractivity contribution >= 4 is 49.4 Å². The van der Waals surface area contributed by atoms with Crippen molar-refractivity contribution < 1.29 is 24.2 Å². The SMILES string of the molecule is CCCOc1c(Br)cc(Br)cc1C1C2=C(CCCC2=O)N(CCC(=O)O)C2=C1C(=O)CCC2. The van der Waals surface area contributed by atoms with E-state index in [1.807, 2.05) is 24.0 Å². The molecule has 0 spiro atoms. The molecule has 1 aromatic rings. The first-order chi connectivity index (χ1) is 15.8. The average molecular weight is 581 g/mol. The number of aliphatic carboxylic acids is 1. The maximum absolute atomic E-state index is 13.4. The topological polar surface area (TPSA) is 83.9 Å². The fourth-order valence-electron chi connectivity index (χ4n) is 5.16. The van der Waals surface area contributed by atoms with E-state index >= 15 is 0 Å². The van der Waals surface area contributed by atoms with Crippen LogP contribution in [0.1, 0.15) is 69.8 Å². The Bertz CT molecular complexity index is 1030. The average Bonchev–Trinajstić information content (AvgIpc) is 2.76. The highest BCUT2D eigenvalue weighted by Crippen LogP contribution is 2.52. The quantitative estimate of drug-likeness (QED) is 0.433. The van der Waals surface area contributed by atoms with E-state index in [-0.39, 0.29) is 24.5 Å². The van der Waals surface area contributed by atoms with Crippen LogP contribution in [0.15, 0.2) is 43.6 Å². The normalized spacial score (nSPS) is 19.1. The van der Waals surface area contributed by atoms with E-state index in [4.69, 9.17) is 4.74 Å². The van der Waals surface area contributed by atoms with E-state index in [2.05, 4.69) is 31.9 Å². The van der Waals surface area contributed by atoms with Gasteiger partial charge in [0, 0.05) is 57.9 Å². The molecule has 1 N–H and O–H groups in total. The van der Waals surface area contributed by atoms with Crippen molar-refractivity contribution in [3.05, 3.63) is 49.2 Å². The highest BCUT2D eigenvalue weighted by molar-refractivity contribution is 9.11. The smallest absolute Gasteiger partial charge is 0.305 e. The summed E-state index contributed by atoms with van der Waals surface area (Å²) in [6.07, 6.45) is 4.49. The second kappa shape index (κ2) is 10.1. The number of ketones is 2. The molecule has 0 aromatic heterocycles. The second-order valence-corrected chi connectivity index (χ2v) is 10.4. The van der Waals surface area contributed by atoms with Crippen molar-refractivity contribution in [2.45, 2.75) is 64.2 Å². The zero-order chi connectivity index (χ0) is 23.7. The van der Waals surface area contributed by atoms with Crippen molar-refractivity contribution in [2.24, 2.45) is 0 Å². The summed E-state index contributed by atoms with van der Waals surface area (Å²) in [5.74, 6) is -0.679. The highest BCUT2D eigenvalue weighted by atomic mass is 79.9. The monoisotopic (exact) mass is 579 g/mol. The molecule has 0 radical (unpaired) electrons. The number of carboxylic acids is 1. The number of allylic oxidation sites excluding steroid dienone is 4. The first-order valence-electron chi connectivity index (χ1n) is 11.5. The lowest BCUT2D eigenvalue weighted by molar-refractivity contribution is -0.137. The number of carboxylic acid groups (broad SMARTS) is 1. The fraction of sp³-hybridized carbons (Fsp3) is 0.480. The molecule has 1 heterocycles. The molecule has 33 heavy (non-hydrogen) atoms. The summed E-state index contributed by atoms with van der Waals surface area (Å²) in [5, 5.41) is 9.33. The number of nitrogens with zero attached hydrogens (tertiary/aromatic N) is 1. The van der Waals surface area contributed by atoms with Crippen LogP contribution < -0.4 is 4.74 Å². The Morgan fingerprint density at radius 3 is 2.21 bits per heavy atom. The summed E-state index contributed by atoms with van der Waals surface area (Å²) in [6, 6.07) is 3.86. The molecular formula is C25H27Br2NO5. The van der Waals surface area contributed by atoms with Gasteiger partial charge in [-0.25, -0.2) is 0 Å². The number of hydrogen-bond acceptors (Lipinski definition) is 5. The van der Waals surface area contributed by atoms with Crippen LogP contribution >= 0.6 is 31.9 Å². The van der Waals surface area contributed by atoms with Gasteiger partial charge in [-0.05, 0) is 60.2 Å². The fourth-order valence-corrected chi connectivity index (χ4v) is 6.53. The van der Waals surface area contributed by atoms with Crippen LogP contribution in [0, 0.1) is 0 Å². The third-order valence-electron chi connectivity index (χ3n) is 6.43. The lowest BCUT2D eigenvalue weighted by Gasteiger charge is -2.44. The van der Waals surface area contributed by atoms with Gasteiger partial charge in [0.15, 0.2) is 11.6 Å². The molecule has 176 valence electrons. The molecule has 0 amide bonds. The van der Waals surface area contributed by atoms with Gasteiger partial charge >= 0.3 is 5.97 Å². The molecule has 1 aliphatic heterocycles. The number of carbonyl (C=O) groups excluding carboxylic acids is 2. The number of ether oxygens (including phenoxy) is 1. The number of benzene rings is 1. The van der Waals surface area contributed by atoms with Crippen LogP contribution in [-0.2, 0) is 14.4 Å². The molecule has 3 aliphatic rings. The van der Waals surface area contributed by atoms with Crippen LogP contribution in [0.3, 0.4) is 0 Å². The van der Waals surface area contributed by atoms with Crippen molar-refractivity contribution in [3.63, 3.8) is 0 Å². The molecule has 0 saturated heterocycles. The number of Topliss-reactive ketones (excluding diaryl/α,β-unsaturated/α-hetero) is 2. The first-order valence-corrected chi connectivity index (χ1v) is 13.1. The first kappa shape index (κ1) is 24.2. The Kier molecular flexibility index (Phi) is 7.43. The number of rotatable bonds is 7. The standard InChI is InChI=1S/C25H27Br2NO5/c1-2-11-33-25-15(12-14(26)13-16(25)27)22-23-17(5-3-7-19(23)29)28(10-9-21(31)32)18-6-4-8-20(30)24(18)22/h12-13,22H,2-11H2,1H3,(H,31,32). The highest BCUT2D eigenvalue weighted by Gasteiger charge is 2.44. The Morgan fingerprint density at radius 2 is 1.67 bits per heavy atom. The molecule has 0 bridgehead atoms. The Hall–Kier alpha value is -1.93. The summed E-state index contributed by atoms with van der Waals surface area (Å²) < 4.78 is 7.73.